The molecule has 6 aliphatic rings. The summed E-state index contributed by atoms with van der Waals surface area (Å²) in [4.78, 5) is 50.0. The first-order valence-electron chi connectivity index (χ1n) is 12.5. The highest BCUT2D eigenvalue weighted by Crippen LogP contribution is 2.93. The third-order valence-corrected chi connectivity index (χ3v) is 11.7. The van der Waals surface area contributed by atoms with Crippen LogP contribution >= 0.6 is 0 Å². The molecule has 6 fully saturated rings. The largest absolute Gasteiger partial charge is 0.465 e. The lowest BCUT2D eigenvalue weighted by molar-refractivity contribution is -0.237. The second kappa shape index (κ2) is 5.93. The molecule has 0 aromatic heterocycles. The molecular formula is C26H34O9. The number of aliphatic hydroxyl groups is 2. The monoisotopic (exact) mass is 490 g/mol. The minimum absolute atomic E-state index is 0.0111. The molecule has 0 saturated heterocycles. The molecule has 35 heavy (non-hydrogen) atoms. The molecule has 2 N–H and O–H groups in total. The van der Waals surface area contributed by atoms with Crippen LogP contribution in [0.1, 0.15) is 54.9 Å². The van der Waals surface area contributed by atoms with Crippen LogP contribution < -0.4 is 0 Å². The van der Waals surface area contributed by atoms with E-state index in [9.17, 15) is 29.4 Å². The van der Waals surface area contributed by atoms with E-state index in [2.05, 4.69) is 0 Å². The molecule has 0 aromatic carbocycles. The second-order valence-corrected chi connectivity index (χ2v) is 12.9. The van der Waals surface area contributed by atoms with Crippen LogP contribution in [0, 0.1) is 51.8 Å². The molecule has 6 saturated carbocycles. The number of ether oxygens (including phenoxy) is 3. The first-order valence-corrected chi connectivity index (χ1v) is 12.5. The van der Waals surface area contributed by atoms with Gasteiger partial charge in [-0.05, 0) is 24.2 Å². The van der Waals surface area contributed by atoms with Gasteiger partial charge in [-0.1, -0.05) is 27.7 Å². The molecule has 9 heteroatoms. The SMILES string of the molecule is CC(=O)OC[C@@]12C[C@@]3(O)C(=O)[C@]1(C)C1C2[C@H]2C4C(C)(C)[C@]4(OC(C)=O)[C@H](OC(C)=O)[C@@H](C)[C@]2(O)[C@H]13. The predicted octanol–water partition coefficient (Wildman–Crippen LogP) is 1.02. The summed E-state index contributed by atoms with van der Waals surface area (Å²) in [6.45, 7) is 11.4. The smallest absolute Gasteiger partial charge is 0.303 e. The summed E-state index contributed by atoms with van der Waals surface area (Å²) in [5, 5.41) is 24.5. The highest BCUT2D eigenvalue weighted by molar-refractivity contribution is 6.01. The average molecular weight is 491 g/mol. The minimum Gasteiger partial charge on any atom is -0.465 e. The number of ketones is 1. The molecule has 0 spiro atoms. The van der Waals surface area contributed by atoms with Gasteiger partial charge < -0.3 is 24.4 Å². The van der Waals surface area contributed by atoms with E-state index in [1.807, 2.05) is 20.8 Å². The van der Waals surface area contributed by atoms with E-state index in [0.717, 1.165) is 0 Å². The molecule has 9 nitrogen and oxygen atoms in total. The van der Waals surface area contributed by atoms with Crippen LogP contribution in [-0.2, 0) is 33.4 Å². The van der Waals surface area contributed by atoms with Crippen molar-refractivity contribution in [2.24, 2.45) is 51.8 Å². The van der Waals surface area contributed by atoms with Crippen molar-refractivity contribution in [3.8, 4) is 0 Å². The van der Waals surface area contributed by atoms with Gasteiger partial charge in [0.25, 0.3) is 0 Å². The van der Waals surface area contributed by atoms with Gasteiger partial charge in [-0.3, -0.25) is 19.2 Å². The number of esters is 3. The molecular weight excluding hydrogens is 456 g/mol. The summed E-state index contributed by atoms with van der Waals surface area (Å²) >= 11 is 0. The third kappa shape index (κ3) is 1.97. The van der Waals surface area contributed by atoms with Crippen molar-refractivity contribution in [1.82, 2.24) is 0 Å². The normalized spacial score (nSPS) is 57.1. The molecule has 0 aromatic rings. The standard InChI is InChI=1S/C26H34O9/c1-10-19(34-12(3)28)26(35-13(4)29)17(21(26,5)6)16-14-15-18(25(10,16)32)24(31)8-23(14,9-33-11(2)27)22(15,7)20(24)30/h10,14-19,31-32H,8-9H2,1-7H3/t10-,14?,15?,16+,17?,18-,19-,22+,23-,24+,25-,26-/m1/s1. The van der Waals surface area contributed by atoms with Crippen molar-refractivity contribution in [3.63, 3.8) is 0 Å². The maximum absolute atomic E-state index is 13.6. The van der Waals surface area contributed by atoms with Crippen LogP contribution in [0.15, 0.2) is 0 Å². The van der Waals surface area contributed by atoms with Crippen LogP contribution in [0.2, 0.25) is 0 Å². The van der Waals surface area contributed by atoms with Crippen LogP contribution in [0.5, 0.6) is 0 Å². The van der Waals surface area contributed by atoms with Crippen LogP contribution in [0.4, 0.5) is 0 Å². The van der Waals surface area contributed by atoms with Gasteiger partial charge in [-0.2, -0.15) is 0 Å². The maximum atomic E-state index is 13.6. The summed E-state index contributed by atoms with van der Waals surface area (Å²) in [5.41, 5.74) is -6.80. The van der Waals surface area contributed by atoms with E-state index in [1.165, 1.54) is 20.8 Å². The fourth-order valence-corrected chi connectivity index (χ4v) is 10.9. The Balaban J connectivity index is 1.56. The summed E-state index contributed by atoms with van der Waals surface area (Å²) < 4.78 is 17.3. The average Bonchev–Trinajstić information content (AvgIpc) is 2.95. The first kappa shape index (κ1) is 23.4. The number of hydrogen-bond acceptors (Lipinski definition) is 9. The van der Waals surface area contributed by atoms with Gasteiger partial charge in [0.05, 0.1) is 12.2 Å². The summed E-state index contributed by atoms with van der Waals surface area (Å²) in [7, 11) is 0. The van der Waals surface area contributed by atoms with Crippen LogP contribution in [0.25, 0.3) is 0 Å². The predicted molar refractivity (Wildman–Crippen MR) is 117 cm³/mol. The third-order valence-electron chi connectivity index (χ3n) is 11.7. The fourth-order valence-electron chi connectivity index (χ4n) is 10.9. The molecule has 3 unspecified atom stereocenters. The molecule has 6 aliphatic carbocycles. The van der Waals surface area contributed by atoms with Crippen LogP contribution in [-0.4, -0.2) is 63.4 Å². The fraction of sp³-hybridized carbons (Fsp3) is 0.846. The van der Waals surface area contributed by atoms with E-state index in [0.29, 0.717) is 0 Å². The lowest BCUT2D eigenvalue weighted by Crippen LogP contribution is -2.67. The number of rotatable bonds is 4. The summed E-state index contributed by atoms with van der Waals surface area (Å²) in [6.07, 6.45) is -0.818. The number of carbonyl (C=O) groups excluding carboxylic acids is 4. The Morgan fingerprint density at radius 1 is 0.943 bits per heavy atom. The number of carbonyl (C=O) groups is 4. The van der Waals surface area contributed by atoms with Crippen molar-refractivity contribution < 1.29 is 43.6 Å². The highest BCUT2D eigenvalue weighted by Gasteiger charge is 3.01. The first-order chi connectivity index (χ1) is 16.0. The summed E-state index contributed by atoms with van der Waals surface area (Å²) in [6, 6.07) is 0. The zero-order chi connectivity index (χ0) is 25.9. The molecule has 0 heterocycles. The molecule has 0 amide bonds. The number of hydrogen-bond donors (Lipinski definition) is 2. The number of fused-ring (bicyclic) bond motifs is 8. The van der Waals surface area contributed by atoms with Gasteiger partial charge in [-0.25, -0.2) is 0 Å². The Morgan fingerprint density at radius 3 is 2.09 bits per heavy atom. The van der Waals surface area contributed by atoms with Crippen molar-refractivity contribution in [2.75, 3.05) is 6.61 Å². The van der Waals surface area contributed by atoms with Gasteiger partial charge in [0.15, 0.2) is 11.4 Å². The molecule has 12 atom stereocenters. The van der Waals surface area contributed by atoms with E-state index < -0.39 is 74.8 Å². The summed E-state index contributed by atoms with van der Waals surface area (Å²) in [5.74, 6) is -4.57. The zero-order valence-electron chi connectivity index (χ0n) is 21.2. The lowest BCUT2D eigenvalue weighted by atomic mass is 9.37. The van der Waals surface area contributed by atoms with Gasteiger partial charge in [-0.15, -0.1) is 0 Å². The number of Topliss-reactive ketones (excluding diaryl/α,β-unsaturated/α-hetero) is 1. The van der Waals surface area contributed by atoms with Gasteiger partial charge in [0.2, 0.25) is 0 Å². The van der Waals surface area contributed by atoms with Gasteiger partial charge in [0.1, 0.15) is 11.7 Å². The van der Waals surface area contributed by atoms with Gasteiger partial charge in [0, 0.05) is 54.8 Å². The maximum Gasteiger partial charge on any atom is 0.303 e. The minimum atomic E-state index is -1.75. The van der Waals surface area contributed by atoms with Gasteiger partial charge >= 0.3 is 17.9 Å². The molecule has 192 valence electrons. The van der Waals surface area contributed by atoms with E-state index >= 15 is 0 Å². The van der Waals surface area contributed by atoms with Crippen LogP contribution in [0.3, 0.4) is 0 Å². The van der Waals surface area contributed by atoms with Crippen molar-refractivity contribution in [2.45, 2.75) is 77.8 Å². The Bertz CT molecular complexity index is 1110. The topological polar surface area (TPSA) is 136 Å². The molecule has 0 radical (unpaired) electrons. The van der Waals surface area contributed by atoms with Crippen molar-refractivity contribution in [3.05, 3.63) is 0 Å². The van der Waals surface area contributed by atoms with E-state index in [4.69, 9.17) is 14.2 Å². The Kier molecular flexibility index (Phi) is 3.97. The van der Waals surface area contributed by atoms with E-state index in [-0.39, 0.29) is 36.6 Å². The Labute approximate surface area is 203 Å². The van der Waals surface area contributed by atoms with E-state index in [1.54, 1.807) is 6.92 Å². The van der Waals surface area contributed by atoms with Crippen molar-refractivity contribution in [1.29, 1.82) is 0 Å². The molecule has 0 aliphatic heterocycles. The Morgan fingerprint density at radius 2 is 1.57 bits per heavy atom. The Hall–Kier alpha value is -2.00. The van der Waals surface area contributed by atoms with Crippen molar-refractivity contribution >= 4 is 23.7 Å². The molecule has 6 rings (SSSR count). The quantitative estimate of drug-likeness (QED) is 0.437. The second-order valence-electron chi connectivity index (χ2n) is 12.9. The molecule has 2 bridgehead atoms. The lowest BCUT2D eigenvalue weighted by Gasteiger charge is -2.65. The zero-order valence-corrected chi connectivity index (χ0v) is 21.2. The highest BCUT2D eigenvalue weighted by atomic mass is 16.6.